The summed E-state index contributed by atoms with van der Waals surface area (Å²) in [6.45, 7) is 1.66. The molecule has 27 heavy (non-hydrogen) atoms. The maximum atomic E-state index is 13.0. The lowest BCUT2D eigenvalue weighted by molar-refractivity contribution is 0.102. The Labute approximate surface area is 169 Å². The number of hydrogen-bond donors (Lipinski definition) is 1. The third-order valence-electron chi connectivity index (χ3n) is 3.96. The van der Waals surface area contributed by atoms with Crippen LogP contribution in [0.3, 0.4) is 0 Å². The minimum Gasteiger partial charge on any atom is -0.322 e. The summed E-state index contributed by atoms with van der Waals surface area (Å²) >= 11 is 13.3. The molecule has 10 heteroatoms. The molecule has 0 spiro atoms. The fraction of sp³-hybridized carbons (Fsp3) is 0.0588. The Hall–Kier alpha value is -2.00. The molecule has 2 aromatic carbocycles. The zero-order valence-electron chi connectivity index (χ0n) is 13.7. The van der Waals surface area contributed by atoms with E-state index >= 15 is 0 Å². The molecule has 1 amide bonds. The standard InChI is InChI=1S/C17H11Cl2N3O3S2/c1-9-8-20-17-22(9)27(24,25)15-6-12(13(19)7-14(15)26-17)16(23)21-11-4-2-10(18)3-5-11/h2-8H,1H3,(H,21,23). The van der Waals surface area contributed by atoms with Gasteiger partial charge in [0.25, 0.3) is 15.9 Å². The summed E-state index contributed by atoms with van der Waals surface area (Å²) in [6, 6.07) is 9.32. The summed E-state index contributed by atoms with van der Waals surface area (Å²) < 4.78 is 27.1. The van der Waals surface area contributed by atoms with E-state index in [1.54, 1.807) is 31.2 Å². The number of carbonyl (C=O) groups excluding carboxylic acids is 1. The Morgan fingerprint density at radius 2 is 1.89 bits per heavy atom. The number of rotatable bonds is 2. The van der Waals surface area contributed by atoms with Crippen molar-refractivity contribution in [2.75, 3.05) is 5.32 Å². The van der Waals surface area contributed by atoms with E-state index in [9.17, 15) is 13.2 Å². The minimum atomic E-state index is -3.86. The van der Waals surface area contributed by atoms with Crippen LogP contribution in [0, 0.1) is 6.92 Å². The van der Waals surface area contributed by atoms with Crippen molar-refractivity contribution in [3.8, 4) is 0 Å². The van der Waals surface area contributed by atoms with Crippen LogP contribution in [0.1, 0.15) is 16.1 Å². The van der Waals surface area contributed by atoms with Crippen LogP contribution < -0.4 is 5.32 Å². The van der Waals surface area contributed by atoms with E-state index in [1.165, 1.54) is 30.1 Å². The first-order chi connectivity index (χ1) is 12.8. The molecule has 1 aliphatic rings. The molecule has 1 aliphatic heterocycles. The number of imidazole rings is 1. The van der Waals surface area contributed by atoms with Crippen LogP contribution in [-0.4, -0.2) is 23.3 Å². The van der Waals surface area contributed by atoms with Crippen molar-refractivity contribution >= 4 is 56.6 Å². The molecule has 0 saturated heterocycles. The first-order valence-electron chi connectivity index (χ1n) is 7.65. The number of aromatic nitrogens is 2. The van der Waals surface area contributed by atoms with Gasteiger partial charge in [-0.3, -0.25) is 4.79 Å². The van der Waals surface area contributed by atoms with Gasteiger partial charge in [0.15, 0.2) is 5.16 Å². The summed E-state index contributed by atoms with van der Waals surface area (Å²) in [6.07, 6.45) is 1.49. The second-order valence-corrected chi connectivity index (χ2v) is 9.40. The number of carbonyl (C=O) groups is 1. The smallest absolute Gasteiger partial charge is 0.271 e. The lowest BCUT2D eigenvalue weighted by atomic mass is 10.2. The topological polar surface area (TPSA) is 81.1 Å². The van der Waals surface area contributed by atoms with E-state index in [0.29, 0.717) is 26.5 Å². The molecule has 1 N–H and O–H groups in total. The fourth-order valence-corrected chi connectivity index (χ4v) is 6.29. The summed E-state index contributed by atoms with van der Waals surface area (Å²) in [5.74, 6) is -0.515. The number of amides is 1. The van der Waals surface area contributed by atoms with Gasteiger partial charge in [-0.1, -0.05) is 23.2 Å². The highest BCUT2D eigenvalue weighted by molar-refractivity contribution is 8.01. The Kier molecular flexibility index (Phi) is 4.46. The van der Waals surface area contributed by atoms with Crippen LogP contribution in [-0.2, 0) is 10.0 Å². The minimum absolute atomic E-state index is 0.0201. The number of anilines is 1. The van der Waals surface area contributed by atoms with E-state index in [4.69, 9.17) is 23.2 Å². The van der Waals surface area contributed by atoms with Crippen molar-refractivity contribution in [2.45, 2.75) is 21.9 Å². The van der Waals surface area contributed by atoms with E-state index < -0.39 is 15.9 Å². The van der Waals surface area contributed by atoms with Gasteiger partial charge in [0.1, 0.15) is 4.90 Å². The second kappa shape index (κ2) is 6.56. The molecular weight excluding hydrogens is 429 g/mol. The maximum absolute atomic E-state index is 13.0. The largest absolute Gasteiger partial charge is 0.322 e. The van der Waals surface area contributed by atoms with Crippen LogP contribution in [0.15, 0.2) is 57.5 Å². The first kappa shape index (κ1) is 18.4. The van der Waals surface area contributed by atoms with Crippen molar-refractivity contribution in [1.82, 2.24) is 8.96 Å². The Balaban J connectivity index is 1.76. The summed E-state index contributed by atoms with van der Waals surface area (Å²) in [4.78, 5) is 17.2. The summed E-state index contributed by atoms with van der Waals surface area (Å²) in [5, 5.41) is 3.71. The van der Waals surface area contributed by atoms with Crippen LogP contribution >= 0.6 is 35.0 Å². The number of nitrogens with zero attached hydrogens (tertiary/aromatic N) is 2. The van der Waals surface area contributed by atoms with Gasteiger partial charge in [-0.15, -0.1) is 0 Å². The van der Waals surface area contributed by atoms with Crippen molar-refractivity contribution in [3.63, 3.8) is 0 Å². The summed E-state index contributed by atoms with van der Waals surface area (Å²) in [7, 11) is -3.86. The first-order valence-corrected chi connectivity index (χ1v) is 10.7. The van der Waals surface area contributed by atoms with Crippen molar-refractivity contribution < 1.29 is 13.2 Å². The van der Waals surface area contributed by atoms with E-state index in [-0.39, 0.29) is 15.5 Å². The molecule has 0 aliphatic carbocycles. The van der Waals surface area contributed by atoms with Gasteiger partial charge in [0.05, 0.1) is 22.5 Å². The highest BCUT2D eigenvalue weighted by Crippen LogP contribution is 2.42. The molecule has 138 valence electrons. The van der Waals surface area contributed by atoms with E-state index in [1.807, 2.05) is 0 Å². The molecule has 0 atom stereocenters. The molecule has 3 aromatic rings. The third-order valence-corrected chi connectivity index (χ3v) is 7.63. The molecule has 0 unspecified atom stereocenters. The van der Waals surface area contributed by atoms with E-state index in [2.05, 4.69) is 10.3 Å². The van der Waals surface area contributed by atoms with Crippen molar-refractivity contribution in [2.24, 2.45) is 0 Å². The Morgan fingerprint density at radius 1 is 1.19 bits per heavy atom. The van der Waals surface area contributed by atoms with Gasteiger partial charge < -0.3 is 5.32 Å². The number of benzene rings is 2. The number of hydrogen-bond acceptors (Lipinski definition) is 5. The highest BCUT2D eigenvalue weighted by atomic mass is 35.5. The van der Waals surface area contributed by atoms with Crippen molar-refractivity contribution in [3.05, 3.63) is 63.9 Å². The lowest BCUT2D eigenvalue weighted by Crippen LogP contribution is -2.21. The monoisotopic (exact) mass is 439 g/mol. The van der Waals surface area contributed by atoms with E-state index in [0.717, 1.165) is 3.97 Å². The maximum Gasteiger partial charge on any atom is 0.271 e. The molecule has 1 aromatic heterocycles. The highest BCUT2D eigenvalue weighted by Gasteiger charge is 2.33. The van der Waals surface area contributed by atoms with Crippen LogP contribution in [0.5, 0.6) is 0 Å². The molecular formula is C17H11Cl2N3O3S2. The average Bonchev–Trinajstić information content (AvgIpc) is 2.98. The van der Waals surface area contributed by atoms with Gasteiger partial charge >= 0.3 is 0 Å². The quantitative estimate of drug-likeness (QED) is 0.498. The number of halogens is 2. The zero-order chi connectivity index (χ0) is 19.3. The Bertz CT molecular complexity index is 1190. The molecule has 0 bridgehead atoms. The molecule has 6 nitrogen and oxygen atoms in total. The predicted octanol–water partition coefficient (Wildman–Crippen LogP) is 4.45. The zero-order valence-corrected chi connectivity index (χ0v) is 16.9. The molecule has 0 radical (unpaired) electrons. The predicted molar refractivity (Wildman–Crippen MR) is 105 cm³/mol. The molecule has 2 heterocycles. The molecule has 0 saturated carbocycles. The average molecular weight is 440 g/mol. The Morgan fingerprint density at radius 3 is 2.59 bits per heavy atom. The van der Waals surface area contributed by atoms with Gasteiger partial charge in [-0.25, -0.2) is 17.4 Å². The third kappa shape index (κ3) is 3.12. The number of fused-ring (bicyclic) bond motifs is 2. The fourth-order valence-electron chi connectivity index (χ4n) is 2.68. The van der Waals surface area contributed by atoms with Gasteiger partial charge in [0, 0.05) is 15.6 Å². The molecule has 4 rings (SSSR count). The van der Waals surface area contributed by atoms with Gasteiger partial charge in [-0.05, 0) is 55.1 Å². The van der Waals surface area contributed by atoms with Gasteiger partial charge in [-0.2, -0.15) is 0 Å². The SMILES string of the molecule is Cc1cnc2n1S(=O)(=O)c1cc(C(=O)Nc3ccc(Cl)cc3)c(Cl)cc1S2. The van der Waals surface area contributed by atoms with Gasteiger partial charge in [0.2, 0.25) is 0 Å². The number of aryl methyl sites for hydroxylation is 1. The number of nitrogens with one attached hydrogen (secondary N) is 1. The normalized spacial score (nSPS) is 14.3. The van der Waals surface area contributed by atoms with Crippen molar-refractivity contribution in [1.29, 1.82) is 0 Å². The van der Waals surface area contributed by atoms with Crippen LogP contribution in [0.4, 0.5) is 5.69 Å². The van der Waals surface area contributed by atoms with Crippen LogP contribution in [0.25, 0.3) is 0 Å². The lowest BCUT2D eigenvalue weighted by Gasteiger charge is -2.20. The molecule has 0 fully saturated rings. The summed E-state index contributed by atoms with van der Waals surface area (Å²) in [5.41, 5.74) is 1.07. The second-order valence-electron chi connectivity index (χ2n) is 5.79. The van der Waals surface area contributed by atoms with Crippen LogP contribution in [0.2, 0.25) is 10.0 Å².